The average molecular weight is 419 g/mol. The summed E-state index contributed by atoms with van der Waals surface area (Å²) in [5, 5.41) is 4.72. The Bertz CT molecular complexity index is 869. The number of hydrogen-bond acceptors (Lipinski definition) is 4. The van der Waals surface area contributed by atoms with E-state index in [0.717, 1.165) is 18.4 Å². The van der Waals surface area contributed by atoms with Crippen LogP contribution < -0.4 is 10.5 Å². The molecule has 0 saturated carbocycles. The third kappa shape index (κ3) is 5.97. The molecule has 8 heteroatoms. The zero-order valence-electron chi connectivity index (χ0n) is 16.6. The van der Waals surface area contributed by atoms with Crippen LogP contribution in [0.15, 0.2) is 36.7 Å². The number of primary amides is 1. The van der Waals surface area contributed by atoms with E-state index in [9.17, 15) is 9.59 Å². The summed E-state index contributed by atoms with van der Waals surface area (Å²) in [6.07, 6.45) is 6.52. The molecule has 1 atom stereocenters. The van der Waals surface area contributed by atoms with Gasteiger partial charge < -0.3 is 15.4 Å². The first-order valence-electron chi connectivity index (χ1n) is 9.77. The van der Waals surface area contributed by atoms with Crippen molar-refractivity contribution in [1.82, 2.24) is 14.7 Å². The zero-order chi connectivity index (χ0) is 20.9. The molecule has 1 aliphatic heterocycles. The van der Waals surface area contributed by atoms with Gasteiger partial charge in [0.25, 0.3) is 0 Å². The SMILES string of the molecule is Cn1cc(CCC(=O)N2CCC[C@](COc3cccc(Cl)c3)(CC(N)=O)C2)cn1. The van der Waals surface area contributed by atoms with E-state index in [0.29, 0.717) is 43.3 Å². The van der Waals surface area contributed by atoms with Gasteiger partial charge in [-0.05, 0) is 43.0 Å². The number of halogens is 1. The summed E-state index contributed by atoms with van der Waals surface area (Å²) < 4.78 is 7.68. The summed E-state index contributed by atoms with van der Waals surface area (Å²) in [7, 11) is 1.86. The second-order valence-corrected chi connectivity index (χ2v) is 8.27. The fourth-order valence-electron chi connectivity index (χ4n) is 3.91. The van der Waals surface area contributed by atoms with Crippen LogP contribution >= 0.6 is 11.6 Å². The van der Waals surface area contributed by atoms with E-state index in [1.807, 2.05) is 30.3 Å². The third-order valence-electron chi connectivity index (χ3n) is 5.29. The first-order chi connectivity index (χ1) is 13.8. The summed E-state index contributed by atoms with van der Waals surface area (Å²) in [5.74, 6) is 0.330. The molecule has 0 spiro atoms. The van der Waals surface area contributed by atoms with Gasteiger partial charge in [-0.3, -0.25) is 14.3 Å². The lowest BCUT2D eigenvalue weighted by Gasteiger charge is -2.42. The standard InChI is InChI=1S/C21H27ClN4O3/c1-25-13-16(12-24-25)6-7-20(28)26-9-3-8-21(14-26,11-19(23)27)15-29-18-5-2-4-17(22)10-18/h2,4-5,10,12-13H,3,6-9,11,14-15H2,1H3,(H2,23,27)/t21-/m0/s1. The number of carbonyl (C=O) groups is 2. The summed E-state index contributed by atoms with van der Waals surface area (Å²) >= 11 is 6.02. The fourth-order valence-corrected chi connectivity index (χ4v) is 4.09. The van der Waals surface area contributed by atoms with Crippen LogP contribution in [0.1, 0.15) is 31.2 Å². The lowest BCUT2D eigenvalue weighted by atomic mass is 9.77. The van der Waals surface area contributed by atoms with Crippen LogP contribution in [0.4, 0.5) is 0 Å². The Morgan fingerprint density at radius 3 is 2.90 bits per heavy atom. The van der Waals surface area contributed by atoms with Gasteiger partial charge in [-0.2, -0.15) is 5.10 Å². The van der Waals surface area contributed by atoms with Gasteiger partial charge in [-0.15, -0.1) is 0 Å². The maximum atomic E-state index is 12.8. The lowest BCUT2D eigenvalue weighted by Crippen LogP contribution is -2.50. The molecule has 0 bridgehead atoms. The molecular formula is C21H27ClN4O3. The number of nitrogens with zero attached hydrogens (tertiary/aromatic N) is 3. The molecule has 7 nitrogen and oxygen atoms in total. The normalized spacial score (nSPS) is 19.2. The third-order valence-corrected chi connectivity index (χ3v) is 5.53. The smallest absolute Gasteiger partial charge is 0.222 e. The van der Waals surface area contributed by atoms with Crippen molar-refractivity contribution in [3.05, 3.63) is 47.2 Å². The van der Waals surface area contributed by atoms with Crippen molar-refractivity contribution in [2.75, 3.05) is 19.7 Å². The molecule has 2 N–H and O–H groups in total. The zero-order valence-corrected chi connectivity index (χ0v) is 17.4. The molecular weight excluding hydrogens is 392 g/mol. The Kier molecular flexibility index (Phi) is 6.79. The second kappa shape index (κ2) is 9.31. The van der Waals surface area contributed by atoms with Crippen LogP contribution in [0.2, 0.25) is 5.02 Å². The van der Waals surface area contributed by atoms with Crippen molar-refractivity contribution in [2.45, 2.75) is 32.1 Å². The first kappa shape index (κ1) is 21.2. The average Bonchev–Trinajstić information content (AvgIpc) is 3.09. The highest BCUT2D eigenvalue weighted by atomic mass is 35.5. The number of amides is 2. The maximum absolute atomic E-state index is 12.8. The van der Waals surface area contributed by atoms with Crippen molar-refractivity contribution in [2.24, 2.45) is 18.2 Å². The highest BCUT2D eigenvalue weighted by molar-refractivity contribution is 6.30. The van der Waals surface area contributed by atoms with Crippen molar-refractivity contribution >= 4 is 23.4 Å². The minimum Gasteiger partial charge on any atom is -0.493 e. The lowest BCUT2D eigenvalue weighted by molar-refractivity contribution is -0.137. The largest absolute Gasteiger partial charge is 0.493 e. The molecule has 1 aliphatic rings. The maximum Gasteiger partial charge on any atom is 0.222 e. The fraction of sp³-hybridized carbons (Fsp3) is 0.476. The highest BCUT2D eigenvalue weighted by Gasteiger charge is 2.39. The molecule has 0 unspecified atom stereocenters. The molecule has 29 heavy (non-hydrogen) atoms. The Hall–Kier alpha value is -2.54. The van der Waals surface area contributed by atoms with Crippen molar-refractivity contribution in [3.63, 3.8) is 0 Å². The van der Waals surface area contributed by atoms with Gasteiger partial charge >= 0.3 is 0 Å². The predicted molar refractivity (Wildman–Crippen MR) is 111 cm³/mol. The van der Waals surface area contributed by atoms with Crippen molar-refractivity contribution in [3.8, 4) is 5.75 Å². The molecule has 0 radical (unpaired) electrons. The molecule has 2 aromatic rings. The number of ether oxygens (including phenoxy) is 1. The molecule has 2 heterocycles. The summed E-state index contributed by atoms with van der Waals surface area (Å²) in [5.41, 5.74) is 6.07. The minimum atomic E-state index is -0.490. The number of carbonyl (C=O) groups excluding carboxylic acids is 2. The number of piperidine rings is 1. The van der Waals surface area contributed by atoms with Gasteiger partial charge in [0.2, 0.25) is 11.8 Å². The van der Waals surface area contributed by atoms with Crippen molar-refractivity contribution in [1.29, 1.82) is 0 Å². The van der Waals surface area contributed by atoms with Gasteiger partial charge in [0.05, 0.1) is 12.8 Å². The Morgan fingerprint density at radius 1 is 1.38 bits per heavy atom. The van der Waals surface area contributed by atoms with Gasteiger partial charge in [0.1, 0.15) is 5.75 Å². The number of benzene rings is 1. The Labute approximate surface area is 175 Å². The van der Waals surface area contributed by atoms with Crippen LogP contribution in [-0.4, -0.2) is 46.2 Å². The molecule has 1 aromatic heterocycles. The van der Waals surface area contributed by atoms with E-state index in [4.69, 9.17) is 22.1 Å². The predicted octanol–water partition coefficient (Wildman–Crippen LogP) is 2.57. The summed E-state index contributed by atoms with van der Waals surface area (Å²) in [4.78, 5) is 26.4. The molecule has 0 aliphatic carbocycles. The van der Waals surface area contributed by atoms with Gasteiger partial charge in [0, 0.05) is 49.6 Å². The summed E-state index contributed by atoms with van der Waals surface area (Å²) in [6.45, 7) is 1.45. The number of aryl methyl sites for hydroxylation is 2. The molecule has 3 rings (SSSR count). The van der Waals surface area contributed by atoms with E-state index in [-0.39, 0.29) is 18.2 Å². The number of aromatic nitrogens is 2. The van der Waals surface area contributed by atoms with Gasteiger partial charge in [-0.1, -0.05) is 17.7 Å². The summed E-state index contributed by atoms with van der Waals surface area (Å²) in [6, 6.07) is 7.15. The number of nitrogens with two attached hydrogens (primary N) is 1. The Morgan fingerprint density at radius 2 is 2.21 bits per heavy atom. The van der Waals surface area contributed by atoms with Crippen LogP contribution in [-0.2, 0) is 23.1 Å². The molecule has 2 amide bonds. The number of hydrogen-bond donors (Lipinski definition) is 1. The van der Waals surface area contributed by atoms with E-state index in [1.54, 1.807) is 23.0 Å². The van der Waals surface area contributed by atoms with E-state index < -0.39 is 5.41 Å². The highest BCUT2D eigenvalue weighted by Crippen LogP contribution is 2.35. The Balaban J connectivity index is 1.64. The van der Waals surface area contributed by atoms with E-state index >= 15 is 0 Å². The number of rotatable bonds is 8. The molecule has 1 saturated heterocycles. The topological polar surface area (TPSA) is 90.5 Å². The quantitative estimate of drug-likeness (QED) is 0.713. The van der Waals surface area contributed by atoms with Crippen LogP contribution in [0, 0.1) is 5.41 Å². The van der Waals surface area contributed by atoms with Crippen LogP contribution in [0.5, 0.6) is 5.75 Å². The molecule has 1 aromatic carbocycles. The number of likely N-dealkylation sites (tertiary alicyclic amines) is 1. The minimum absolute atomic E-state index is 0.0742. The van der Waals surface area contributed by atoms with Gasteiger partial charge in [-0.25, -0.2) is 0 Å². The monoisotopic (exact) mass is 418 g/mol. The van der Waals surface area contributed by atoms with E-state index in [2.05, 4.69) is 5.10 Å². The van der Waals surface area contributed by atoms with Crippen molar-refractivity contribution < 1.29 is 14.3 Å². The second-order valence-electron chi connectivity index (χ2n) is 7.83. The molecule has 156 valence electrons. The van der Waals surface area contributed by atoms with E-state index in [1.165, 1.54) is 0 Å². The first-order valence-corrected chi connectivity index (χ1v) is 10.1. The van der Waals surface area contributed by atoms with Gasteiger partial charge in [0.15, 0.2) is 0 Å². The van der Waals surface area contributed by atoms with Crippen LogP contribution in [0.25, 0.3) is 0 Å². The van der Waals surface area contributed by atoms with Crippen LogP contribution in [0.3, 0.4) is 0 Å². The molecule has 1 fully saturated rings.